The van der Waals surface area contributed by atoms with Gasteiger partial charge in [-0.25, -0.2) is 0 Å². The van der Waals surface area contributed by atoms with Crippen LogP contribution in [-0.4, -0.2) is 20.6 Å². The first-order valence-corrected chi connectivity index (χ1v) is 5.28. The maximum absolute atomic E-state index is 3.94. The maximum atomic E-state index is 3.94. The van der Waals surface area contributed by atoms with Crippen molar-refractivity contribution in [3.8, 4) is 0 Å². The second kappa shape index (κ2) is 4.85. The van der Waals surface area contributed by atoms with E-state index in [9.17, 15) is 0 Å². The van der Waals surface area contributed by atoms with E-state index in [-0.39, 0.29) is 6.04 Å². The molecule has 1 unspecified atom stereocenters. The molecular weight excluding hydrogens is 202 g/mol. The van der Waals surface area contributed by atoms with Crippen molar-refractivity contribution in [1.82, 2.24) is 25.9 Å². The van der Waals surface area contributed by atoms with Gasteiger partial charge in [0.05, 0.1) is 6.04 Å². The van der Waals surface area contributed by atoms with Gasteiger partial charge in [0.1, 0.15) is 0 Å². The summed E-state index contributed by atoms with van der Waals surface area (Å²) in [7, 11) is 0. The Morgan fingerprint density at radius 3 is 3.00 bits per heavy atom. The van der Waals surface area contributed by atoms with Gasteiger partial charge >= 0.3 is 0 Å². The highest BCUT2D eigenvalue weighted by atomic mass is 15.5. The first-order valence-electron chi connectivity index (χ1n) is 5.28. The van der Waals surface area contributed by atoms with Crippen molar-refractivity contribution < 1.29 is 0 Å². The Labute approximate surface area is 94.3 Å². The van der Waals surface area contributed by atoms with Gasteiger partial charge in [0.15, 0.2) is 5.82 Å². The third kappa shape index (κ3) is 2.64. The topological polar surface area (TPSA) is 66.5 Å². The van der Waals surface area contributed by atoms with Gasteiger partial charge in [-0.1, -0.05) is 35.0 Å². The third-order valence-corrected chi connectivity index (χ3v) is 2.44. The molecule has 16 heavy (non-hydrogen) atoms. The van der Waals surface area contributed by atoms with Gasteiger partial charge in [0.25, 0.3) is 0 Å². The zero-order chi connectivity index (χ0) is 11.4. The summed E-state index contributed by atoms with van der Waals surface area (Å²) in [5, 5.41) is 17.2. The van der Waals surface area contributed by atoms with Gasteiger partial charge in [-0.2, -0.15) is 5.21 Å². The van der Waals surface area contributed by atoms with E-state index in [0.717, 1.165) is 6.54 Å². The molecule has 1 aromatic carbocycles. The summed E-state index contributed by atoms with van der Waals surface area (Å²) in [4.78, 5) is 0. The number of hydrogen-bond acceptors (Lipinski definition) is 4. The molecule has 1 aromatic heterocycles. The van der Waals surface area contributed by atoms with E-state index in [1.54, 1.807) is 0 Å². The summed E-state index contributed by atoms with van der Waals surface area (Å²) in [5.74, 6) is 0.688. The van der Waals surface area contributed by atoms with Crippen molar-refractivity contribution in [3.05, 3.63) is 41.2 Å². The van der Waals surface area contributed by atoms with Gasteiger partial charge in [0, 0.05) is 6.54 Å². The fourth-order valence-electron chi connectivity index (χ4n) is 1.54. The number of aromatic nitrogens is 4. The zero-order valence-corrected chi connectivity index (χ0v) is 9.44. The Morgan fingerprint density at radius 1 is 1.44 bits per heavy atom. The minimum atomic E-state index is 0.0965. The van der Waals surface area contributed by atoms with Crippen LogP contribution in [0.5, 0.6) is 0 Å². The number of rotatable bonds is 4. The number of nitrogens with one attached hydrogen (secondary N) is 2. The predicted molar refractivity (Wildman–Crippen MR) is 60.6 cm³/mol. The van der Waals surface area contributed by atoms with Crippen LogP contribution >= 0.6 is 0 Å². The number of hydrogen-bond donors (Lipinski definition) is 2. The molecule has 5 heteroatoms. The fraction of sp³-hybridized carbons (Fsp3) is 0.364. The predicted octanol–water partition coefficient (Wildman–Crippen LogP) is 1.36. The lowest BCUT2D eigenvalue weighted by molar-refractivity contribution is 0.546. The lowest BCUT2D eigenvalue weighted by Gasteiger charge is -2.09. The number of nitrogens with zero attached hydrogens (tertiary/aromatic N) is 3. The van der Waals surface area contributed by atoms with Crippen molar-refractivity contribution >= 4 is 0 Å². The summed E-state index contributed by atoms with van der Waals surface area (Å²) in [6.45, 7) is 4.91. The molecule has 0 bridgehead atoms. The van der Waals surface area contributed by atoms with Crippen LogP contribution in [0.3, 0.4) is 0 Å². The van der Waals surface area contributed by atoms with E-state index in [1.165, 1.54) is 11.1 Å². The third-order valence-electron chi connectivity index (χ3n) is 2.44. The van der Waals surface area contributed by atoms with E-state index in [4.69, 9.17) is 0 Å². The van der Waals surface area contributed by atoms with Gasteiger partial charge in [0.2, 0.25) is 0 Å². The minimum Gasteiger partial charge on any atom is -0.303 e. The van der Waals surface area contributed by atoms with Crippen LogP contribution < -0.4 is 5.32 Å². The van der Waals surface area contributed by atoms with Crippen molar-refractivity contribution in [3.63, 3.8) is 0 Å². The first kappa shape index (κ1) is 10.8. The number of aromatic amines is 1. The van der Waals surface area contributed by atoms with E-state index in [1.807, 2.05) is 6.92 Å². The molecule has 0 saturated carbocycles. The van der Waals surface area contributed by atoms with E-state index in [2.05, 4.69) is 57.1 Å². The van der Waals surface area contributed by atoms with Gasteiger partial charge in [-0.3, -0.25) is 0 Å². The lowest BCUT2D eigenvalue weighted by Crippen LogP contribution is -2.19. The summed E-state index contributed by atoms with van der Waals surface area (Å²) >= 11 is 0. The standard InChI is InChI=1S/C11H15N5/c1-8-4-3-5-10(6-8)7-12-9(2)11-13-15-16-14-11/h3-6,9,12H,7H2,1-2H3,(H,13,14,15,16). The van der Waals surface area contributed by atoms with E-state index >= 15 is 0 Å². The average Bonchev–Trinajstić information content (AvgIpc) is 2.79. The zero-order valence-electron chi connectivity index (χ0n) is 9.44. The summed E-state index contributed by atoms with van der Waals surface area (Å²) < 4.78 is 0. The van der Waals surface area contributed by atoms with Crippen LogP contribution in [0.15, 0.2) is 24.3 Å². The lowest BCUT2D eigenvalue weighted by atomic mass is 10.1. The Bertz CT molecular complexity index is 437. The largest absolute Gasteiger partial charge is 0.303 e. The first-order chi connectivity index (χ1) is 7.75. The van der Waals surface area contributed by atoms with Crippen LogP contribution in [0.4, 0.5) is 0 Å². The van der Waals surface area contributed by atoms with Crippen molar-refractivity contribution in [2.45, 2.75) is 26.4 Å². The molecule has 1 heterocycles. The van der Waals surface area contributed by atoms with E-state index < -0.39 is 0 Å². The average molecular weight is 217 g/mol. The Hall–Kier alpha value is -1.75. The minimum absolute atomic E-state index is 0.0965. The van der Waals surface area contributed by atoms with Crippen LogP contribution in [0.25, 0.3) is 0 Å². The van der Waals surface area contributed by atoms with E-state index in [0.29, 0.717) is 5.82 Å². The Balaban J connectivity index is 1.92. The molecule has 5 nitrogen and oxygen atoms in total. The number of benzene rings is 1. The second-order valence-corrected chi connectivity index (χ2v) is 3.86. The molecule has 84 valence electrons. The molecule has 2 rings (SSSR count). The smallest absolute Gasteiger partial charge is 0.191 e. The molecule has 0 spiro atoms. The Kier molecular flexibility index (Phi) is 3.26. The monoisotopic (exact) mass is 217 g/mol. The molecule has 2 N–H and O–H groups in total. The van der Waals surface area contributed by atoms with Crippen molar-refractivity contribution in [1.29, 1.82) is 0 Å². The molecule has 0 aliphatic rings. The van der Waals surface area contributed by atoms with Crippen molar-refractivity contribution in [2.24, 2.45) is 0 Å². The van der Waals surface area contributed by atoms with Crippen LogP contribution in [0.1, 0.15) is 29.9 Å². The van der Waals surface area contributed by atoms with Crippen LogP contribution in [-0.2, 0) is 6.54 Å². The van der Waals surface area contributed by atoms with Gasteiger partial charge in [-0.05, 0) is 19.4 Å². The quantitative estimate of drug-likeness (QED) is 0.811. The molecular formula is C11H15N5. The number of H-pyrrole nitrogens is 1. The number of tetrazole rings is 1. The summed E-state index contributed by atoms with van der Waals surface area (Å²) in [6, 6.07) is 8.51. The van der Waals surface area contributed by atoms with Gasteiger partial charge in [-0.15, -0.1) is 10.2 Å². The molecule has 0 aliphatic heterocycles. The molecule has 2 aromatic rings. The fourth-order valence-corrected chi connectivity index (χ4v) is 1.54. The van der Waals surface area contributed by atoms with Gasteiger partial charge < -0.3 is 5.32 Å². The summed E-state index contributed by atoms with van der Waals surface area (Å²) in [6.07, 6.45) is 0. The second-order valence-electron chi connectivity index (χ2n) is 3.86. The highest BCUT2D eigenvalue weighted by molar-refractivity contribution is 5.22. The number of aryl methyl sites for hydroxylation is 1. The summed E-state index contributed by atoms with van der Waals surface area (Å²) in [5.41, 5.74) is 2.53. The maximum Gasteiger partial charge on any atom is 0.191 e. The molecule has 0 amide bonds. The van der Waals surface area contributed by atoms with Crippen LogP contribution in [0.2, 0.25) is 0 Å². The van der Waals surface area contributed by atoms with Crippen LogP contribution in [0, 0.1) is 6.92 Å². The normalized spacial score (nSPS) is 12.6. The molecule has 0 fully saturated rings. The molecule has 0 saturated heterocycles. The Morgan fingerprint density at radius 2 is 2.31 bits per heavy atom. The van der Waals surface area contributed by atoms with Crippen molar-refractivity contribution in [2.75, 3.05) is 0 Å². The molecule has 0 aliphatic carbocycles. The molecule has 0 radical (unpaired) electrons. The highest BCUT2D eigenvalue weighted by Gasteiger charge is 2.08. The molecule has 1 atom stereocenters. The highest BCUT2D eigenvalue weighted by Crippen LogP contribution is 2.07. The SMILES string of the molecule is Cc1cccc(CNC(C)c2nn[nH]n2)c1.